The van der Waals surface area contributed by atoms with Crippen molar-refractivity contribution in [1.82, 2.24) is 4.90 Å². The Morgan fingerprint density at radius 1 is 1.29 bits per heavy atom. The minimum absolute atomic E-state index is 0.0472. The van der Waals surface area contributed by atoms with Gasteiger partial charge >= 0.3 is 5.97 Å². The van der Waals surface area contributed by atoms with E-state index in [-0.39, 0.29) is 17.3 Å². The molecule has 0 bridgehead atoms. The Kier molecular flexibility index (Phi) is 5.76. The van der Waals surface area contributed by atoms with Crippen LogP contribution in [0.1, 0.15) is 6.42 Å². The van der Waals surface area contributed by atoms with Gasteiger partial charge in [0, 0.05) is 13.1 Å². The quantitative estimate of drug-likeness (QED) is 0.683. The normalized spacial score (nSPS) is 18.8. The number of rotatable bonds is 6. The molecule has 0 radical (unpaired) electrons. The molecule has 0 aliphatic carbocycles. The number of esters is 1. The van der Waals surface area contributed by atoms with Crippen molar-refractivity contribution in [3.05, 3.63) is 30.1 Å². The Morgan fingerprint density at radius 3 is 2.62 bits per heavy atom. The molecule has 0 unspecified atom stereocenters. The number of ether oxygens (including phenoxy) is 2. The van der Waals surface area contributed by atoms with Crippen LogP contribution < -0.4 is 4.74 Å². The van der Waals surface area contributed by atoms with Crippen molar-refractivity contribution in [3.8, 4) is 5.75 Å². The van der Waals surface area contributed by atoms with E-state index in [0.29, 0.717) is 6.42 Å². The number of para-hydroxylation sites is 1. The van der Waals surface area contributed by atoms with E-state index in [9.17, 15) is 22.4 Å². The molecule has 0 aromatic heterocycles. The molecule has 1 fully saturated rings. The zero-order chi connectivity index (χ0) is 17.7. The fourth-order valence-electron chi connectivity index (χ4n) is 2.27. The second-order valence-electron chi connectivity index (χ2n) is 5.44. The molecule has 2 rings (SSSR count). The van der Waals surface area contributed by atoms with Gasteiger partial charge in [-0.05, 0) is 18.6 Å². The predicted molar refractivity (Wildman–Crippen MR) is 82.7 cm³/mol. The summed E-state index contributed by atoms with van der Waals surface area (Å²) >= 11 is 0. The number of benzene rings is 1. The molecule has 132 valence electrons. The number of sulfone groups is 1. The summed E-state index contributed by atoms with van der Waals surface area (Å²) in [7, 11) is -1.64. The van der Waals surface area contributed by atoms with E-state index >= 15 is 0 Å². The lowest BCUT2D eigenvalue weighted by molar-refractivity contribution is -0.153. The van der Waals surface area contributed by atoms with Gasteiger partial charge < -0.3 is 14.4 Å². The molecule has 0 N–H and O–H groups in total. The Balaban J connectivity index is 1.75. The van der Waals surface area contributed by atoms with Crippen LogP contribution in [-0.4, -0.2) is 63.0 Å². The zero-order valence-corrected chi connectivity index (χ0v) is 13.9. The van der Waals surface area contributed by atoms with Gasteiger partial charge in [-0.15, -0.1) is 0 Å². The molecule has 1 aromatic carbocycles. The third-order valence-electron chi connectivity index (χ3n) is 3.69. The number of amides is 1. The molecule has 1 atom stereocenters. The topological polar surface area (TPSA) is 90.0 Å². The van der Waals surface area contributed by atoms with Crippen LogP contribution in [0, 0.1) is 5.82 Å². The molecule has 0 saturated carbocycles. The van der Waals surface area contributed by atoms with Crippen molar-refractivity contribution in [2.45, 2.75) is 12.5 Å². The summed E-state index contributed by atoms with van der Waals surface area (Å²) in [6, 6.07) is 5.18. The molecule has 1 aliphatic heterocycles. The third kappa shape index (κ3) is 4.92. The fraction of sp³-hybridized carbons (Fsp3) is 0.467. The van der Waals surface area contributed by atoms with Crippen molar-refractivity contribution in [1.29, 1.82) is 0 Å². The summed E-state index contributed by atoms with van der Waals surface area (Å²) in [5.41, 5.74) is 0. The lowest BCUT2D eigenvalue weighted by atomic mass is 10.2. The van der Waals surface area contributed by atoms with Crippen LogP contribution in [0.15, 0.2) is 24.3 Å². The lowest BCUT2D eigenvalue weighted by Crippen LogP contribution is -2.40. The SMILES string of the molecule is CN(C(=O)COC(=O)COc1ccccc1F)[C@@H]1CCS(=O)(=O)C1. The monoisotopic (exact) mass is 359 g/mol. The van der Waals surface area contributed by atoms with Gasteiger partial charge in [0.1, 0.15) is 0 Å². The van der Waals surface area contributed by atoms with Crippen LogP contribution in [0.25, 0.3) is 0 Å². The Bertz CT molecular complexity index is 720. The first-order valence-electron chi connectivity index (χ1n) is 7.27. The second kappa shape index (κ2) is 7.61. The van der Waals surface area contributed by atoms with Crippen molar-refractivity contribution < 1.29 is 31.9 Å². The van der Waals surface area contributed by atoms with Gasteiger partial charge in [-0.25, -0.2) is 17.6 Å². The summed E-state index contributed by atoms with van der Waals surface area (Å²) in [4.78, 5) is 24.7. The van der Waals surface area contributed by atoms with E-state index in [1.165, 1.54) is 30.1 Å². The largest absolute Gasteiger partial charge is 0.479 e. The standard InChI is InChI=1S/C15H18FNO6S/c1-17(11-6-7-24(20,21)10-11)14(18)8-23-15(19)9-22-13-5-3-2-4-12(13)16/h2-5,11H,6-10H2,1H3/t11-/m1/s1. The van der Waals surface area contributed by atoms with Crippen LogP contribution in [0.2, 0.25) is 0 Å². The highest BCUT2D eigenvalue weighted by atomic mass is 32.2. The first-order valence-corrected chi connectivity index (χ1v) is 9.09. The molecule has 1 aliphatic rings. The number of hydrogen-bond acceptors (Lipinski definition) is 6. The van der Waals surface area contributed by atoms with Crippen molar-refractivity contribution in [2.75, 3.05) is 31.8 Å². The van der Waals surface area contributed by atoms with Gasteiger partial charge in [0.15, 0.2) is 34.6 Å². The van der Waals surface area contributed by atoms with Crippen LogP contribution >= 0.6 is 0 Å². The van der Waals surface area contributed by atoms with Gasteiger partial charge in [-0.2, -0.15) is 0 Å². The van der Waals surface area contributed by atoms with Crippen LogP contribution in [0.5, 0.6) is 5.75 Å². The number of carbonyl (C=O) groups excluding carboxylic acids is 2. The van der Waals surface area contributed by atoms with Crippen molar-refractivity contribution in [3.63, 3.8) is 0 Å². The third-order valence-corrected chi connectivity index (χ3v) is 5.44. The van der Waals surface area contributed by atoms with E-state index < -0.39 is 46.8 Å². The van der Waals surface area contributed by atoms with Crippen LogP contribution in [0.3, 0.4) is 0 Å². The molecule has 1 amide bonds. The minimum Gasteiger partial charge on any atom is -0.479 e. The Hall–Kier alpha value is -2.16. The molecule has 1 heterocycles. The van der Waals surface area contributed by atoms with E-state index in [1.807, 2.05) is 0 Å². The van der Waals surface area contributed by atoms with Crippen LogP contribution in [-0.2, 0) is 24.2 Å². The average Bonchev–Trinajstić information content (AvgIpc) is 2.91. The summed E-state index contributed by atoms with van der Waals surface area (Å²) in [6.07, 6.45) is 0.370. The van der Waals surface area contributed by atoms with Gasteiger partial charge in [-0.1, -0.05) is 12.1 Å². The predicted octanol–water partition coefficient (Wildman–Crippen LogP) is 0.393. The smallest absolute Gasteiger partial charge is 0.344 e. The number of hydrogen-bond donors (Lipinski definition) is 0. The highest BCUT2D eigenvalue weighted by Crippen LogP contribution is 2.17. The van der Waals surface area contributed by atoms with E-state index in [2.05, 4.69) is 0 Å². The maximum atomic E-state index is 13.3. The number of nitrogens with zero attached hydrogens (tertiary/aromatic N) is 1. The van der Waals surface area contributed by atoms with E-state index in [4.69, 9.17) is 9.47 Å². The Morgan fingerprint density at radius 2 is 2.00 bits per heavy atom. The highest BCUT2D eigenvalue weighted by molar-refractivity contribution is 7.91. The van der Waals surface area contributed by atoms with Gasteiger partial charge in [-0.3, -0.25) is 4.79 Å². The maximum absolute atomic E-state index is 13.3. The molecule has 24 heavy (non-hydrogen) atoms. The summed E-state index contributed by atoms with van der Waals surface area (Å²) in [6.45, 7) is -1.05. The van der Waals surface area contributed by atoms with Crippen molar-refractivity contribution in [2.24, 2.45) is 0 Å². The van der Waals surface area contributed by atoms with E-state index in [0.717, 1.165) is 0 Å². The molecule has 0 spiro atoms. The van der Waals surface area contributed by atoms with Gasteiger partial charge in [0.25, 0.3) is 5.91 Å². The minimum atomic E-state index is -3.11. The molecule has 1 aromatic rings. The van der Waals surface area contributed by atoms with Gasteiger partial charge in [0.2, 0.25) is 0 Å². The highest BCUT2D eigenvalue weighted by Gasteiger charge is 2.32. The zero-order valence-electron chi connectivity index (χ0n) is 13.1. The molecular weight excluding hydrogens is 341 g/mol. The first kappa shape index (κ1) is 18.2. The summed E-state index contributed by atoms with van der Waals surface area (Å²) < 4.78 is 45.9. The summed E-state index contributed by atoms with van der Waals surface area (Å²) in [5.74, 6) is -2.06. The van der Waals surface area contributed by atoms with Crippen LogP contribution in [0.4, 0.5) is 4.39 Å². The van der Waals surface area contributed by atoms with Gasteiger partial charge in [0.05, 0.1) is 11.5 Å². The molecule has 7 nitrogen and oxygen atoms in total. The Labute approximate surface area is 139 Å². The molecule has 9 heteroatoms. The number of likely N-dealkylation sites (N-methyl/N-ethyl adjacent to an activating group) is 1. The molecular formula is C15H18FNO6S. The van der Waals surface area contributed by atoms with Crippen molar-refractivity contribution >= 4 is 21.7 Å². The number of carbonyl (C=O) groups is 2. The summed E-state index contributed by atoms with van der Waals surface area (Å²) in [5, 5.41) is 0. The second-order valence-corrected chi connectivity index (χ2v) is 7.67. The van der Waals surface area contributed by atoms with E-state index in [1.54, 1.807) is 6.07 Å². The number of halogens is 1. The average molecular weight is 359 g/mol. The lowest BCUT2D eigenvalue weighted by Gasteiger charge is -2.23. The first-order chi connectivity index (χ1) is 11.3. The molecule has 1 saturated heterocycles. The maximum Gasteiger partial charge on any atom is 0.344 e. The fourth-order valence-corrected chi connectivity index (χ4v) is 4.04.